The number of nitrogens with zero attached hydrogens (tertiary/aromatic N) is 3. The highest BCUT2D eigenvalue weighted by atomic mass is 32.2. The van der Waals surface area contributed by atoms with Gasteiger partial charge in [-0.25, -0.2) is 23.9 Å². The molecule has 4 heterocycles. The second-order valence-corrected chi connectivity index (χ2v) is 11.3. The van der Waals surface area contributed by atoms with E-state index < -0.39 is 9.73 Å². The van der Waals surface area contributed by atoms with Crippen molar-refractivity contribution < 1.29 is 13.7 Å². The normalized spacial score (nSPS) is 16.3. The number of benzene rings is 1. The number of aromatic nitrogens is 3. The molecule has 6 rings (SSSR count). The van der Waals surface area contributed by atoms with Gasteiger partial charge in [0.2, 0.25) is 5.88 Å². The van der Waals surface area contributed by atoms with Gasteiger partial charge < -0.3 is 15.4 Å². The topological polar surface area (TPSA) is 130 Å². The number of anilines is 3. The van der Waals surface area contributed by atoms with Crippen LogP contribution in [0.25, 0.3) is 10.8 Å². The Hall–Kier alpha value is -4.49. The van der Waals surface area contributed by atoms with E-state index in [9.17, 15) is 9.00 Å². The van der Waals surface area contributed by atoms with E-state index in [2.05, 4.69) is 37.4 Å². The van der Waals surface area contributed by atoms with Crippen LogP contribution in [0.5, 0.6) is 5.88 Å². The fraction of sp³-hybridized carbons (Fsp3) is 0.185. The summed E-state index contributed by atoms with van der Waals surface area (Å²) in [5.41, 5.74) is 2.46. The molecular weight excluding hydrogens is 488 g/mol. The first-order valence-electron chi connectivity index (χ1n) is 11.8. The van der Waals surface area contributed by atoms with Gasteiger partial charge in [-0.05, 0) is 61.2 Å². The number of amides is 1. The molecule has 9 nitrogen and oxygen atoms in total. The number of hydrogen-bond acceptors (Lipinski definition) is 8. The van der Waals surface area contributed by atoms with Gasteiger partial charge in [-0.3, -0.25) is 4.79 Å². The first-order chi connectivity index (χ1) is 18.0. The van der Waals surface area contributed by atoms with Gasteiger partial charge in [0, 0.05) is 50.8 Å². The number of hydrogen-bond donors (Lipinski definition) is 3. The van der Waals surface area contributed by atoms with Crippen molar-refractivity contribution in [3.63, 3.8) is 0 Å². The second kappa shape index (κ2) is 9.19. The summed E-state index contributed by atoms with van der Waals surface area (Å²) in [7, 11) is -2.76. The Labute approximate surface area is 213 Å². The van der Waals surface area contributed by atoms with Gasteiger partial charge in [0.15, 0.2) is 6.61 Å². The predicted molar refractivity (Wildman–Crippen MR) is 140 cm³/mol. The molecule has 1 amide bonds. The zero-order valence-electron chi connectivity index (χ0n) is 19.7. The molecule has 184 valence electrons. The van der Waals surface area contributed by atoms with Gasteiger partial charge in [0.1, 0.15) is 17.2 Å². The van der Waals surface area contributed by atoms with E-state index in [1.54, 1.807) is 36.8 Å². The van der Waals surface area contributed by atoms with Gasteiger partial charge >= 0.3 is 0 Å². The van der Waals surface area contributed by atoms with Crippen molar-refractivity contribution in [3.05, 3.63) is 72.3 Å². The van der Waals surface area contributed by atoms with Crippen LogP contribution in [-0.4, -0.2) is 36.9 Å². The highest BCUT2D eigenvalue weighted by Gasteiger charge is 2.29. The summed E-state index contributed by atoms with van der Waals surface area (Å²) in [4.78, 5) is 25.3. The highest BCUT2D eigenvalue weighted by Crippen LogP contribution is 2.32. The van der Waals surface area contributed by atoms with E-state index >= 15 is 0 Å². The molecule has 3 N–H and O–H groups in total. The van der Waals surface area contributed by atoms with Crippen LogP contribution < -0.4 is 15.4 Å². The summed E-state index contributed by atoms with van der Waals surface area (Å²) in [6.07, 6.45) is 7.78. The standard InChI is InChI=1S/C27H22N6O3S/c28-37(35,20-2-1-3-20)21-7-5-19(6-8-21)32-25-13-22-18(15-30-25)10-11-29-23(22)9-4-17-12-24-27(31-14-17)36-16-26(34)33-24/h5-8,10-15,20,28H,1-3,16H2,(H,30,32)(H,33,34). The Morgan fingerprint density at radius 2 is 1.89 bits per heavy atom. The van der Waals surface area contributed by atoms with Gasteiger partial charge in [-0.1, -0.05) is 12.3 Å². The SMILES string of the molecule is N=S(=O)(c1ccc(Nc2cc3c(C#Cc4cnc5c(c4)NC(=O)CO5)nccc3cn2)cc1)C1CCC1. The van der Waals surface area contributed by atoms with Gasteiger partial charge in [0.25, 0.3) is 5.91 Å². The molecule has 0 bridgehead atoms. The lowest BCUT2D eigenvalue weighted by atomic mass is 10.00. The molecule has 1 aromatic carbocycles. The summed E-state index contributed by atoms with van der Waals surface area (Å²) in [5, 5.41) is 7.67. The predicted octanol–water partition coefficient (Wildman–Crippen LogP) is 4.46. The second-order valence-electron chi connectivity index (χ2n) is 8.92. The van der Waals surface area contributed by atoms with E-state index in [4.69, 9.17) is 9.52 Å². The lowest BCUT2D eigenvalue weighted by Gasteiger charge is -2.27. The molecule has 4 aromatic rings. The Balaban J connectivity index is 1.25. The van der Waals surface area contributed by atoms with Gasteiger partial charge in [0.05, 0.1) is 9.73 Å². The van der Waals surface area contributed by atoms with Crippen LogP contribution in [0, 0.1) is 16.6 Å². The maximum Gasteiger partial charge on any atom is 0.262 e. The van der Waals surface area contributed by atoms with Crippen LogP contribution in [0.1, 0.15) is 30.5 Å². The van der Waals surface area contributed by atoms with Crippen molar-refractivity contribution >= 4 is 43.6 Å². The van der Waals surface area contributed by atoms with Crippen LogP contribution in [-0.2, 0) is 14.5 Å². The number of nitrogens with one attached hydrogen (secondary N) is 3. The molecule has 0 saturated heterocycles. The van der Waals surface area contributed by atoms with Crippen molar-refractivity contribution in [2.24, 2.45) is 0 Å². The van der Waals surface area contributed by atoms with Gasteiger partial charge in [-0.2, -0.15) is 0 Å². The molecule has 1 saturated carbocycles. The molecule has 3 aromatic heterocycles. The number of carbonyl (C=O) groups excluding carboxylic acids is 1. The molecular formula is C27H22N6O3S. The summed E-state index contributed by atoms with van der Waals surface area (Å²) in [6, 6.07) is 12.6. The summed E-state index contributed by atoms with van der Waals surface area (Å²) < 4.78 is 26.5. The Morgan fingerprint density at radius 1 is 1.05 bits per heavy atom. The van der Waals surface area contributed by atoms with E-state index in [-0.39, 0.29) is 17.8 Å². The van der Waals surface area contributed by atoms with E-state index in [1.807, 2.05) is 24.3 Å². The molecule has 10 heteroatoms. The number of pyridine rings is 3. The third-order valence-electron chi connectivity index (χ3n) is 6.44. The third-order valence-corrected chi connectivity index (χ3v) is 8.82. The van der Waals surface area contributed by atoms with Crippen molar-refractivity contribution in [3.8, 4) is 17.7 Å². The zero-order chi connectivity index (χ0) is 25.4. The number of fused-ring (bicyclic) bond motifs is 2. The van der Waals surface area contributed by atoms with Crippen molar-refractivity contribution in [2.45, 2.75) is 29.4 Å². The van der Waals surface area contributed by atoms with Crippen LogP contribution in [0.2, 0.25) is 0 Å². The monoisotopic (exact) mass is 510 g/mol. The quantitative estimate of drug-likeness (QED) is 0.346. The highest BCUT2D eigenvalue weighted by molar-refractivity contribution is 7.93. The lowest BCUT2D eigenvalue weighted by molar-refractivity contribution is -0.118. The van der Waals surface area contributed by atoms with Crippen LogP contribution in [0.4, 0.5) is 17.2 Å². The Morgan fingerprint density at radius 3 is 2.68 bits per heavy atom. The third kappa shape index (κ3) is 4.57. The van der Waals surface area contributed by atoms with Crippen molar-refractivity contribution in [1.82, 2.24) is 15.0 Å². The molecule has 1 fully saturated rings. The average Bonchev–Trinajstić information content (AvgIpc) is 2.86. The van der Waals surface area contributed by atoms with Crippen LogP contribution in [0.15, 0.2) is 66.0 Å². The molecule has 2 aliphatic rings. The van der Waals surface area contributed by atoms with Crippen LogP contribution in [0.3, 0.4) is 0 Å². The molecule has 1 atom stereocenters. The Kier molecular flexibility index (Phi) is 5.70. The molecule has 1 aliphatic heterocycles. The van der Waals surface area contributed by atoms with E-state index in [1.165, 1.54) is 0 Å². The van der Waals surface area contributed by atoms with Crippen molar-refractivity contribution in [1.29, 1.82) is 4.78 Å². The maximum atomic E-state index is 12.9. The number of rotatable bonds is 4. The molecule has 37 heavy (non-hydrogen) atoms. The fourth-order valence-electron chi connectivity index (χ4n) is 4.19. The molecule has 1 unspecified atom stereocenters. The average molecular weight is 511 g/mol. The zero-order valence-corrected chi connectivity index (χ0v) is 20.5. The summed E-state index contributed by atoms with van der Waals surface area (Å²) >= 11 is 0. The maximum absolute atomic E-state index is 12.9. The molecule has 0 radical (unpaired) electrons. The number of carbonyl (C=O) groups is 1. The Bertz CT molecular complexity index is 1700. The van der Waals surface area contributed by atoms with E-state index in [0.29, 0.717) is 33.5 Å². The minimum atomic E-state index is -2.76. The summed E-state index contributed by atoms with van der Waals surface area (Å²) in [5.74, 6) is 6.90. The lowest BCUT2D eigenvalue weighted by Crippen LogP contribution is -2.27. The van der Waals surface area contributed by atoms with Crippen LogP contribution >= 0.6 is 0 Å². The first kappa shape index (κ1) is 22.9. The fourth-order valence-corrected chi connectivity index (χ4v) is 6.12. The molecule has 1 aliphatic carbocycles. The van der Waals surface area contributed by atoms with E-state index in [0.717, 1.165) is 35.7 Å². The minimum absolute atomic E-state index is 0.0373. The molecule has 0 spiro atoms. The summed E-state index contributed by atoms with van der Waals surface area (Å²) in [6.45, 7) is -0.0509. The first-order valence-corrected chi connectivity index (χ1v) is 13.4. The van der Waals surface area contributed by atoms with Gasteiger partial charge in [-0.15, -0.1) is 0 Å². The number of ether oxygens (including phenoxy) is 1. The minimum Gasteiger partial charge on any atom is -0.466 e. The van der Waals surface area contributed by atoms with Crippen molar-refractivity contribution in [2.75, 3.05) is 17.2 Å². The smallest absolute Gasteiger partial charge is 0.262 e. The largest absolute Gasteiger partial charge is 0.466 e.